The first-order valence-corrected chi connectivity index (χ1v) is 10.4. The highest BCUT2D eigenvalue weighted by molar-refractivity contribution is 14.1. The van der Waals surface area contributed by atoms with Crippen molar-refractivity contribution in [3.8, 4) is 5.75 Å². The Labute approximate surface area is 169 Å². The Morgan fingerprint density at radius 3 is 2.85 bits per heavy atom. The van der Waals surface area contributed by atoms with Gasteiger partial charge in [0.2, 0.25) is 5.84 Å². The first kappa shape index (κ1) is 19.6. The Kier molecular flexibility index (Phi) is 5.67. The first-order chi connectivity index (χ1) is 12.8. The number of amides is 1. The van der Waals surface area contributed by atoms with Crippen molar-refractivity contribution in [3.05, 3.63) is 51.6 Å². The van der Waals surface area contributed by atoms with Gasteiger partial charge in [0.1, 0.15) is 10.6 Å². The molecule has 0 aliphatic carbocycles. The number of hydrogen-bond donors (Lipinski definition) is 3. The minimum absolute atomic E-state index is 0.0161. The van der Waals surface area contributed by atoms with E-state index >= 15 is 0 Å². The minimum Gasteiger partial charge on any atom is -0.497 e. The third kappa shape index (κ3) is 4.39. The zero-order chi connectivity index (χ0) is 19.6. The number of benzene rings is 2. The number of nitrogens with one attached hydrogen (secondary N) is 2. The fourth-order valence-electron chi connectivity index (χ4n) is 2.46. The molecular weight excluding hydrogens is 485 g/mol. The van der Waals surface area contributed by atoms with Gasteiger partial charge in [0.05, 0.1) is 18.9 Å². The molecule has 1 aliphatic rings. The van der Waals surface area contributed by atoms with Gasteiger partial charge in [-0.2, -0.15) is 0 Å². The quantitative estimate of drug-likeness (QED) is 0.537. The molecule has 0 saturated carbocycles. The number of aliphatic hydroxyl groups is 1. The number of ether oxygens (including phenoxy) is 1. The Morgan fingerprint density at radius 1 is 1.33 bits per heavy atom. The SMILES string of the molecule is COc1cccc(C(O)CNC(=O)C2=Nc3ccc(I)cc3S(=O)(=O)N2)c1. The molecule has 142 valence electrons. The summed E-state index contributed by atoms with van der Waals surface area (Å²) in [6.07, 6.45) is -0.987. The third-order valence-electron chi connectivity index (χ3n) is 3.82. The topological polar surface area (TPSA) is 117 Å². The number of rotatable bonds is 5. The molecule has 3 rings (SSSR count). The lowest BCUT2D eigenvalue weighted by Crippen LogP contribution is -2.45. The van der Waals surface area contributed by atoms with Crippen molar-refractivity contribution in [3.63, 3.8) is 0 Å². The number of sulfonamides is 1. The van der Waals surface area contributed by atoms with Crippen LogP contribution in [-0.2, 0) is 14.8 Å². The van der Waals surface area contributed by atoms with E-state index in [0.29, 0.717) is 11.3 Å². The average molecular weight is 501 g/mol. The van der Waals surface area contributed by atoms with Gasteiger partial charge in [-0.25, -0.2) is 13.4 Å². The van der Waals surface area contributed by atoms with E-state index in [9.17, 15) is 18.3 Å². The molecule has 1 heterocycles. The molecule has 0 spiro atoms. The Bertz CT molecular complexity index is 1020. The van der Waals surface area contributed by atoms with E-state index in [2.05, 4.69) is 15.0 Å². The molecule has 1 amide bonds. The molecule has 10 heteroatoms. The molecule has 1 aliphatic heterocycles. The van der Waals surface area contributed by atoms with E-state index in [1.54, 1.807) is 30.3 Å². The third-order valence-corrected chi connectivity index (χ3v) is 5.86. The van der Waals surface area contributed by atoms with Crippen LogP contribution in [0.4, 0.5) is 5.69 Å². The first-order valence-electron chi connectivity index (χ1n) is 7.81. The van der Waals surface area contributed by atoms with Crippen molar-refractivity contribution in [2.75, 3.05) is 13.7 Å². The van der Waals surface area contributed by atoms with E-state index in [4.69, 9.17) is 4.74 Å². The normalized spacial score (nSPS) is 15.7. The van der Waals surface area contributed by atoms with Gasteiger partial charge < -0.3 is 15.2 Å². The lowest BCUT2D eigenvalue weighted by Gasteiger charge is -2.18. The molecule has 0 radical (unpaired) electrons. The number of methoxy groups -OCH3 is 1. The molecule has 0 aromatic heterocycles. The van der Waals surface area contributed by atoms with Gasteiger partial charge >= 0.3 is 0 Å². The van der Waals surface area contributed by atoms with Crippen molar-refractivity contribution in [1.29, 1.82) is 0 Å². The maximum atomic E-state index is 12.3. The maximum absolute atomic E-state index is 12.3. The van der Waals surface area contributed by atoms with E-state index in [1.165, 1.54) is 19.2 Å². The van der Waals surface area contributed by atoms with Crippen molar-refractivity contribution in [2.24, 2.45) is 4.99 Å². The summed E-state index contributed by atoms with van der Waals surface area (Å²) in [6.45, 7) is -0.119. The van der Waals surface area contributed by atoms with Crippen LogP contribution in [0.5, 0.6) is 5.75 Å². The molecule has 0 saturated heterocycles. The van der Waals surface area contributed by atoms with E-state index in [1.807, 2.05) is 22.6 Å². The monoisotopic (exact) mass is 501 g/mol. The summed E-state index contributed by atoms with van der Waals surface area (Å²) < 4.78 is 32.7. The van der Waals surface area contributed by atoms with Gasteiger partial charge in [-0.1, -0.05) is 12.1 Å². The average Bonchev–Trinajstić information content (AvgIpc) is 2.65. The highest BCUT2D eigenvalue weighted by Gasteiger charge is 2.29. The molecule has 1 unspecified atom stereocenters. The van der Waals surface area contributed by atoms with Crippen LogP contribution in [0.3, 0.4) is 0 Å². The van der Waals surface area contributed by atoms with Crippen LogP contribution in [0.25, 0.3) is 0 Å². The molecular formula is C17H16IN3O5S. The maximum Gasteiger partial charge on any atom is 0.287 e. The van der Waals surface area contributed by atoms with Crippen molar-refractivity contribution < 1.29 is 23.1 Å². The lowest BCUT2D eigenvalue weighted by atomic mass is 10.1. The second-order valence-corrected chi connectivity index (χ2v) is 8.58. The standard InChI is InChI=1S/C17H16IN3O5S/c1-26-12-4-2-3-10(7-12)14(22)9-19-17(23)16-20-13-6-5-11(18)8-15(13)27(24,25)21-16/h2-8,14,22H,9H2,1H3,(H,19,23)(H,20,21). The van der Waals surface area contributed by atoms with Crippen LogP contribution in [0, 0.1) is 3.57 Å². The lowest BCUT2D eigenvalue weighted by molar-refractivity contribution is -0.115. The highest BCUT2D eigenvalue weighted by Crippen LogP contribution is 2.29. The fourth-order valence-corrected chi connectivity index (χ4v) is 4.33. The minimum atomic E-state index is -3.88. The van der Waals surface area contributed by atoms with Gasteiger partial charge in [-0.15, -0.1) is 0 Å². The highest BCUT2D eigenvalue weighted by atomic mass is 127. The van der Waals surface area contributed by atoms with Gasteiger partial charge in [0, 0.05) is 10.1 Å². The number of carbonyl (C=O) groups excluding carboxylic acids is 1. The zero-order valence-corrected chi connectivity index (χ0v) is 17.1. The van der Waals surface area contributed by atoms with Crippen LogP contribution in [-0.4, -0.2) is 38.9 Å². The van der Waals surface area contributed by atoms with Crippen molar-refractivity contribution in [1.82, 2.24) is 10.0 Å². The summed E-state index contributed by atoms with van der Waals surface area (Å²) >= 11 is 2.00. The Hall–Kier alpha value is -2.18. The number of amidine groups is 1. The Balaban J connectivity index is 1.74. The summed E-state index contributed by atoms with van der Waals surface area (Å²) in [5.74, 6) is -0.500. The number of hydrogen-bond acceptors (Lipinski definition) is 6. The number of aliphatic hydroxyl groups excluding tert-OH is 1. The van der Waals surface area contributed by atoms with Crippen molar-refractivity contribution in [2.45, 2.75) is 11.0 Å². The summed E-state index contributed by atoms with van der Waals surface area (Å²) in [4.78, 5) is 16.4. The van der Waals surface area contributed by atoms with E-state index < -0.39 is 22.0 Å². The molecule has 0 fully saturated rings. The molecule has 3 N–H and O–H groups in total. The molecule has 2 aromatic rings. The molecule has 2 aromatic carbocycles. The van der Waals surface area contributed by atoms with Crippen molar-refractivity contribution >= 4 is 50.0 Å². The number of halogens is 1. The predicted molar refractivity (Wildman–Crippen MR) is 108 cm³/mol. The van der Waals surface area contributed by atoms with Crippen LogP contribution < -0.4 is 14.8 Å². The summed E-state index contributed by atoms with van der Waals surface area (Å²) in [5, 5.41) is 12.7. The molecule has 1 atom stereocenters. The largest absolute Gasteiger partial charge is 0.497 e. The second kappa shape index (κ2) is 7.82. The number of carbonyl (C=O) groups is 1. The number of nitrogens with zero attached hydrogens (tertiary/aromatic N) is 1. The molecule has 0 bridgehead atoms. The van der Waals surface area contributed by atoms with Gasteiger partial charge in [0.25, 0.3) is 15.9 Å². The van der Waals surface area contributed by atoms with Gasteiger partial charge in [0.15, 0.2) is 0 Å². The second-order valence-electron chi connectivity index (χ2n) is 5.68. The smallest absolute Gasteiger partial charge is 0.287 e. The van der Waals surface area contributed by atoms with Crippen LogP contribution in [0.15, 0.2) is 52.4 Å². The summed E-state index contributed by atoms with van der Waals surface area (Å²) in [7, 11) is -2.37. The van der Waals surface area contributed by atoms with E-state index in [-0.39, 0.29) is 23.0 Å². The molecule has 27 heavy (non-hydrogen) atoms. The zero-order valence-electron chi connectivity index (χ0n) is 14.1. The van der Waals surface area contributed by atoms with Crippen LogP contribution >= 0.6 is 22.6 Å². The summed E-state index contributed by atoms with van der Waals surface area (Å²) in [5.41, 5.74) is 0.744. The Morgan fingerprint density at radius 2 is 2.11 bits per heavy atom. The molecule has 8 nitrogen and oxygen atoms in total. The van der Waals surface area contributed by atoms with Gasteiger partial charge in [-0.05, 0) is 58.5 Å². The fraction of sp³-hybridized carbons (Fsp3) is 0.176. The predicted octanol–water partition coefficient (Wildman–Crippen LogP) is 1.47. The van der Waals surface area contributed by atoms with Crippen LogP contribution in [0.2, 0.25) is 0 Å². The number of aliphatic imine (C=N–C) groups is 1. The summed E-state index contributed by atoms with van der Waals surface area (Å²) in [6, 6.07) is 11.5. The van der Waals surface area contributed by atoms with Gasteiger partial charge in [-0.3, -0.25) is 9.52 Å². The van der Waals surface area contributed by atoms with Crippen LogP contribution in [0.1, 0.15) is 11.7 Å². The number of fused-ring (bicyclic) bond motifs is 1. The van der Waals surface area contributed by atoms with E-state index in [0.717, 1.165) is 3.57 Å².